The first-order chi connectivity index (χ1) is 18.0. The van der Waals surface area contributed by atoms with Crippen LogP contribution in [0.25, 0.3) is 75.4 Å². The second-order valence-electron chi connectivity index (χ2n) is 10.1. The molecular weight excluding hydrogens is 511 g/mol. The first-order valence-corrected chi connectivity index (χ1v) is 11.8. The second-order valence-corrected chi connectivity index (χ2v) is 10.1. The Labute approximate surface area is 238 Å². The average Bonchev–Trinajstić information content (AvgIpc) is 2.82. The van der Waals surface area contributed by atoms with Gasteiger partial charge in [-0.3, -0.25) is 9.59 Å². The first-order valence-electron chi connectivity index (χ1n) is 11.8. The van der Waals surface area contributed by atoms with Crippen LogP contribution in [0, 0.1) is 13.8 Å². The molecule has 9 heteroatoms. The molecule has 5 N–H and O–H groups in total. The van der Waals surface area contributed by atoms with Crippen LogP contribution in [-0.4, -0.2) is 25.5 Å². The molecule has 8 aromatic rings. The minimum Gasteiger partial charge on any atom is -0.872 e. The number of aromatic hydroxyl groups is 5. The maximum atomic E-state index is 13.4. The van der Waals surface area contributed by atoms with Crippen molar-refractivity contribution >= 4 is 75.4 Å². The van der Waals surface area contributed by atoms with Crippen molar-refractivity contribution in [1.29, 1.82) is 0 Å². The molecule has 0 aromatic heterocycles. The van der Waals surface area contributed by atoms with Gasteiger partial charge in [0.25, 0.3) is 0 Å². The summed E-state index contributed by atoms with van der Waals surface area (Å²) in [6.07, 6.45) is 0. The predicted molar refractivity (Wildman–Crippen MR) is 144 cm³/mol. The van der Waals surface area contributed by atoms with Crippen molar-refractivity contribution < 1.29 is 60.2 Å². The van der Waals surface area contributed by atoms with Crippen molar-refractivity contribution in [1.82, 2.24) is 0 Å². The van der Waals surface area contributed by atoms with E-state index in [4.69, 9.17) is 0 Å². The van der Waals surface area contributed by atoms with Gasteiger partial charge in [-0.15, -0.1) is 0 Å². The SMILES string of the molecule is Cc1cc(=O)c2c(O)c3c(O)cc([O-])c4c5c(O)cc(O)c6c(O)c7c(=O)cc(C)c8c1c2c(c34)c(c65)c78.[Na+]. The molecule has 0 amide bonds. The van der Waals surface area contributed by atoms with Crippen LogP contribution in [0.15, 0.2) is 33.9 Å². The Balaban J connectivity index is 0.00000253. The van der Waals surface area contributed by atoms with E-state index in [1.165, 1.54) is 12.1 Å². The smallest absolute Gasteiger partial charge is 0.872 e. The summed E-state index contributed by atoms with van der Waals surface area (Å²) < 4.78 is 0. The summed E-state index contributed by atoms with van der Waals surface area (Å²) in [5, 5.41) is 71.3. The standard InChI is InChI=1S/C30H16O8.Na/c1-7-3-9(31)19-23-15(7)16-8(2)4-10(32)20-24(16)28-26-18(12(34)6-14(36)22(26)30(20)38)17-11(33)5-13(35)21(29(19)37)25(17)27(23)28;/h3-6,33-38H,1-2H3;/q;+1/p-1. The van der Waals surface area contributed by atoms with Crippen LogP contribution in [0.3, 0.4) is 0 Å². The van der Waals surface area contributed by atoms with Gasteiger partial charge in [-0.2, -0.15) is 0 Å². The fraction of sp³-hybridized carbons (Fsp3) is 0.0667. The van der Waals surface area contributed by atoms with E-state index in [9.17, 15) is 40.2 Å². The molecule has 0 heterocycles. The minimum absolute atomic E-state index is 0. The zero-order chi connectivity index (χ0) is 26.7. The molecule has 39 heavy (non-hydrogen) atoms. The number of hydrogen-bond donors (Lipinski definition) is 5. The van der Waals surface area contributed by atoms with E-state index in [1.54, 1.807) is 13.8 Å². The third-order valence-electron chi connectivity index (χ3n) is 8.23. The van der Waals surface area contributed by atoms with Crippen LogP contribution >= 0.6 is 0 Å². The minimum atomic E-state index is -0.673. The Bertz CT molecular complexity index is 2340. The van der Waals surface area contributed by atoms with E-state index < -0.39 is 45.4 Å². The summed E-state index contributed by atoms with van der Waals surface area (Å²) in [6, 6.07) is 4.61. The molecule has 8 aromatic carbocycles. The van der Waals surface area contributed by atoms with Gasteiger partial charge in [0.05, 0.1) is 21.5 Å². The van der Waals surface area contributed by atoms with Crippen molar-refractivity contribution in [3.8, 4) is 34.5 Å². The van der Waals surface area contributed by atoms with Gasteiger partial charge in [-0.05, 0) is 59.3 Å². The molecule has 8 nitrogen and oxygen atoms in total. The third-order valence-corrected chi connectivity index (χ3v) is 8.23. The van der Waals surface area contributed by atoms with Crippen LogP contribution in [0.1, 0.15) is 11.1 Å². The van der Waals surface area contributed by atoms with E-state index in [2.05, 4.69) is 0 Å². The Morgan fingerprint density at radius 3 is 1.31 bits per heavy atom. The Morgan fingerprint density at radius 2 is 0.821 bits per heavy atom. The van der Waals surface area contributed by atoms with Crippen LogP contribution in [0.2, 0.25) is 0 Å². The first kappa shape index (κ1) is 23.8. The largest absolute Gasteiger partial charge is 1.00 e. The van der Waals surface area contributed by atoms with Crippen LogP contribution in [0.5, 0.6) is 34.5 Å². The molecule has 0 saturated heterocycles. The molecule has 0 radical (unpaired) electrons. The number of hydrogen-bond acceptors (Lipinski definition) is 8. The molecule has 0 aliphatic carbocycles. The molecule has 0 aliphatic rings. The van der Waals surface area contributed by atoms with Crippen molar-refractivity contribution in [3.05, 3.63) is 55.8 Å². The molecule has 8 rings (SSSR count). The predicted octanol–water partition coefficient (Wildman–Crippen LogP) is 1.45. The maximum absolute atomic E-state index is 13.4. The van der Waals surface area contributed by atoms with Crippen molar-refractivity contribution in [2.45, 2.75) is 13.8 Å². The zero-order valence-corrected chi connectivity index (χ0v) is 22.8. The van der Waals surface area contributed by atoms with Gasteiger partial charge < -0.3 is 30.6 Å². The summed E-state index contributed by atoms with van der Waals surface area (Å²) >= 11 is 0. The molecule has 0 unspecified atom stereocenters. The Morgan fingerprint density at radius 1 is 0.462 bits per heavy atom. The topological polar surface area (TPSA) is 158 Å². The van der Waals surface area contributed by atoms with Gasteiger partial charge in [0, 0.05) is 43.8 Å². The number of aryl methyl sites for hydroxylation is 2. The molecule has 0 fully saturated rings. The van der Waals surface area contributed by atoms with Gasteiger partial charge in [0.15, 0.2) is 10.9 Å². The zero-order valence-electron chi connectivity index (χ0n) is 20.8. The van der Waals surface area contributed by atoms with Crippen molar-refractivity contribution in [2.75, 3.05) is 0 Å². The van der Waals surface area contributed by atoms with Gasteiger partial charge in [0.1, 0.15) is 28.7 Å². The van der Waals surface area contributed by atoms with Gasteiger partial charge in [-0.1, -0.05) is 5.75 Å². The van der Waals surface area contributed by atoms with Crippen LogP contribution in [0.4, 0.5) is 0 Å². The Hall–Kier alpha value is -4.24. The van der Waals surface area contributed by atoms with E-state index in [0.29, 0.717) is 43.4 Å². The number of phenols is 5. The molecule has 0 aliphatic heterocycles. The average molecular weight is 526 g/mol. The third kappa shape index (κ3) is 2.37. The van der Waals surface area contributed by atoms with Crippen LogP contribution in [-0.2, 0) is 0 Å². The van der Waals surface area contributed by atoms with Crippen LogP contribution < -0.4 is 45.5 Å². The van der Waals surface area contributed by atoms with E-state index in [-0.39, 0.29) is 72.6 Å². The summed E-state index contributed by atoms with van der Waals surface area (Å²) in [5.74, 6) is -3.18. The number of phenolic OH excluding ortho intramolecular Hbond substituents is 5. The molecule has 0 saturated carbocycles. The molecule has 0 spiro atoms. The fourth-order valence-electron chi connectivity index (χ4n) is 6.97. The van der Waals surface area contributed by atoms with E-state index >= 15 is 0 Å². The normalized spacial score (nSPS) is 12.5. The number of benzene rings is 8. The van der Waals surface area contributed by atoms with Gasteiger partial charge in [-0.25, -0.2) is 0 Å². The maximum Gasteiger partial charge on any atom is 1.00 e. The number of rotatable bonds is 0. The molecule has 184 valence electrons. The molecule has 0 atom stereocenters. The van der Waals surface area contributed by atoms with E-state index in [1.807, 2.05) is 0 Å². The second kappa shape index (κ2) is 7.04. The quantitative estimate of drug-likeness (QED) is 0.113. The summed E-state index contributed by atoms with van der Waals surface area (Å²) in [7, 11) is 0. The summed E-state index contributed by atoms with van der Waals surface area (Å²) in [6.45, 7) is 3.45. The van der Waals surface area contributed by atoms with Crippen molar-refractivity contribution in [2.24, 2.45) is 0 Å². The van der Waals surface area contributed by atoms with Gasteiger partial charge >= 0.3 is 29.6 Å². The molecular formula is C30H15NaO8. The van der Waals surface area contributed by atoms with Crippen molar-refractivity contribution in [3.63, 3.8) is 0 Å². The summed E-state index contributed by atoms with van der Waals surface area (Å²) in [5.41, 5.74) is 0.119. The number of fused-ring (bicyclic) bond motifs is 2. The Kier molecular flexibility index (Phi) is 4.30. The monoisotopic (exact) mass is 526 g/mol. The van der Waals surface area contributed by atoms with E-state index in [0.717, 1.165) is 12.1 Å². The fourth-order valence-corrected chi connectivity index (χ4v) is 6.97. The van der Waals surface area contributed by atoms with Gasteiger partial charge in [0.2, 0.25) is 0 Å². The summed E-state index contributed by atoms with van der Waals surface area (Å²) in [4.78, 5) is 26.7. The molecule has 0 bridgehead atoms.